The molecular formula is C12H15BrClNS. The van der Waals surface area contributed by atoms with Crippen LogP contribution in [0.3, 0.4) is 0 Å². The van der Waals surface area contributed by atoms with Crippen LogP contribution in [-0.4, -0.2) is 29.0 Å². The largest absolute Gasteiger partial charge is 0.295 e. The van der Waals surface area contributed by atoms with E-state index in [9.17, 15) is 0 Å². The molecule has 16 heavy (non-hydrogen) atoms. The van der Waals surface area contributed by atoms with E-state index in [4.69, 9.17) is 11.6 Å². The Morgan fingerprint density at radius 2 is 2.38 bits per heavy atom. The molecule has 0 aliphatic carbocycles. The number of halogens is 2. The third-order valence-corrected chi connectivity index (χ3v) is 4.93. The summed E-state index contributed by atoms with van der Waals surface area (Å²) in [7, 11) is 0. The molecule has 4 heteroatoms. The van der Waals surface area contributed by atoms with Crippen LogP contribution in [0.25, 0.3) is 0 Å². The van der Waals surface area contributed by atoms with E-state index in [1.807, 2.05) is 17.8 Å². The third-order valence-electron chi connectivity index (χ3n) is 2.89. The van der Waals surface area contributed by atoms with Crippen LogP contribution in [0, 0.1) is 0 Å². The predicted molar refractivity (Wildman–Crippen MR) is 76.3 cm³/mol. The molecule has 0 bridgehead atoms. The number of nitrogens with zero attached hydrogens (tertiary/aromatic N) is 1. The van der Waals surface area contributed by atoms with Crippen LogP contribution < -0.4 is 0 Å². The molecule has 0 aromatic heterocycles. The highest BCUT2D eigenvalue weighted by atomic mass is 79.9. The fourth-order valence-electron chi connectivity index (χ4n) is 1.87. The summed E-state index contributed by atoms with van der Waals surface area (Å²) < 4.78 is 1.04. The van der Waals surface area contributed by atoms with Crippen LogP contribution in [0.1, 0.15) is 12.5 Å². The molecule has 2 rings (SSSR count). The summed E-state index contributed by atoms with van der Waals surface area (Å²) in [5, 5.41) is 0.861. The number of thioether (sulfide) groups is 1. The fraction of sp³-hybridized carbons (Fsp3) is 0.500. The minimum Gasteiger partial charge on any atom is -0.295 e. The van der Waals surface area contributed by atoms with E-state index in [0.29, 0.717) is 6.04 Å². The lowest BCUT2D eigenvalue weighted by atomic mass is 10.2. The molecule has 1 nitrogen and oxygen atoms in total. The zero-order chi connectivity index (χ0) is 11.5. The minimum atomic E-state index is 0.651. The maximum Gasteiger partial charge on any atom is 0.0462 e. The van der Waals surface area contributed by atoms with Gasteiger partial charge in [-0.1, -0.05) is 33.6 Å². The molecule has 1 aliphatic rings. The zero-order valence-corrected chi connectivity index (χ0v) is 12.4. The van der Waals surface area contributed by atoms with Crippen molar-refractivity contribution < 1.29 is 0 Å². The Morgan fingerprint density at radius 1 is 1.56 bits per heavy atom. The van der Waals surface area contributed by atoms with E-state index in [1.54, 1.807) is 0 Å². The summed E-state index contributed by atoms with van der Waals surface area (Å²) in [6.07, 6.45) is 0. The summed E-state index contributed by atoms with van der Waals surface area (Å²) in [5.41, 5.74) is 1.23. The molecule has 0 saturated carbocycles. The molecule has 1 fully saturated rings. The molecule has 1 unspecified atom stereocenters. The predicted octanol–water partition coefficient (Wildman–Crippen LogP) is 4.04. The first-order chi connectivity index (χ1) is 7.66. The third kappa shape index (κ3) is 3.16. The topological polar surface area (TPSA) is 3.24 Å². The SMILES string of the molecule is CC1CSCCN1Cc1ccc(Br)cc1Cl. The van der Waals surface area contributed by atoms with Gasteiger partial charge in [0.2, 0.25) is 0 Å². The van der Waals surface area contributed by atoms with E-state index in [1.165, 1.54) is 17.1 Å². The molecule has 0 radical (unpaired) electrons. The molecule has 0 N–H and O–H groups in total. The molecule has 1 atom stereocenters. The van der Waals surface area contributed by atoms with E-state index in [-0.39, 0.29) is 0 Å². The molecule has 1 aliphatic heterocycles. The van der Waals surface area contributed by atoms with Crippen LogP contribution in [0.15, 0.2) is 22.7 Å². The Labute approximate surface area is 115 Å². The van der Waals surface area contributed by atoms with E-state index < -0.39 is 0 Å². The Hall–Kier alpha value is 0.300. The normalized spacial score (nSPS) is 22.3. The fourth-order valence-corrected chi connectivity index (χ4v) is 3.68. The molecular weight excluding hydrogens is 306 g/mol. The van der Waals surface area contributed by atoms with Gasteiger partial charge in [-0.3, -0.25) is 4.90 Å². The summed E-state index contributed by atoms with van der Waals surface area (Å²) in [4.78, 5) is 2.51. The molecule has 0 amide bonds. The van der Waals surface area contributed by atoms with E-state index in [0.717, 1.165) is 22.6 Å². The molecule has 1 saturated heterocycles. The van der Waals surface area contributed by atoms with Crippen molar-refractivity contribution in [1.82, 2.24) is 4.90 Å². The van der Waals surface area contributed by atoms with Gasteiger partial charge in [0.1, 0.15) is 0 Å². The van der Waals surface area contributed by atoms with Crippen molar-refractivity contribution in [3.8, 4) is 0 Å². The van der Waals surface area contributed by atoms with Gasteiger partial charge in [-0.2, -0.15) is 11.8 Å². The standard InChI is InChI=1S/C12H15BrClNS/c1-9-8-16-5-4-15(9)7-10-2-3-11(13)6-12(10)14/h2-3,6,9H,4-5,7-8H2,1H3. The van der Waals surface area contributed by atoms with Gasteiger partial charge in [0.15, 0.2) is 0 Å². The Bertz CT molecular complexity index is 372. The van der Waals surface area contributed by atoms with Gasteiger partial charge in [-0.05, 0) is 24.6 Å². The lowest BCUT2D eigenvalue weighted by molar-refractivity contribution is 0.224. The van der Waals surface area contributed by atoms with Crippen molar-refractivity contribution in [3.63, 3.8) is 0 Å². The van der Waals surface area contributed by atoms with Gasteiger partial charge in [0.05, 0.1) is 0 Å². The lowest BCUT2D eigenvalue weighted by Gasteiger charge is -2.33. The van der Waals surface area contributed by atoms with Crippen LogP contribution >= 0.6 is 39.3 Å². The highest BCUT2D eigenvalue weighted by Gasteiger charge is 2.19. The van der Waals surface area contributed by atoms with Crippen LogP contribution in [0.5, 0.6) is 0 Å². The van der Waals surface area contributed by atoms with Crippen molar-refractivity contribution in [3.05, 3.63) is 33.3 Å². The summed E-state index contributed by atoms with van der Waals surface area (Å²) in [6.45, 7) is 4.42. The minimum absolute atomic E-state index is 0.651. The quantitative estimate of drug-likeness (QED) is 0.809. The average molecular weight is 321 g/mol. The zero-order valence-electron chi connectivity index (χ0n) is 9.25. The average Bonchev–Trinajstić information content (AvgIpc) is 2.25. The van der Waals surface area contributed by atoms with Gasteiger partial charge in [-0.15, -0.1) is 0 Å². The highest BCUT2D eigenvalue weighted by molar-refractivity contribution is 9.10. The Morgan fingerprint density at radius 3 is 3.06 bits per heavy atom. The van der Waals surface area contributed by atoms with Gasteiger partial charge in [0, 0.05) is 40.1 Å². The first-order valence-corrected chi connectivity index (χ1v) is 7.75. The maximum absolute atomic E-state index is 6.23. The summed E-state index contributed by atoms with van der Waals surface area (Å²) in [5.74, 6) is 2.46. The Balaban J connectivity index is 2.07. The molecule has 1 aromatic carbocycles. The second-order valence-corrected chi connectivity index (χ2v) is 6.60. The van der Waals surface area contributed by atoms with Crippen LogP contribution in [-0.2, 0) is 6.54 Å². The Kier molecular flexibility index (Phi) is 4.59. The van der Waals surface area contributed by atoms with Crippen molar-refractivity contribution in [2.24, 2.45) is 0 Å². The number of rotatable bonds is 2. The monoisotopic (exact) mass is 319 g/mol. The first kappa shape index (κ1) is 12.7. The smallest absolute Gasteiger partial charge is 0.0462 e. The second-order valence-electron chi connectivity index (χ2n) is 4.13. The summed E-state index contributed by atoms with van der Waals surface area (Å²) >= 11 is 11.7. The van der Waals surface area contributed by atoms with E-state index in [2.05, 4.69) is 39.9 Å². The van der Waals surface area contributed by atoms with Gasteiger partial charge < -0.3 is 0 Å². The van der Waals surface area contributed by atoms with Crippen LogP contribution in [0.4, 0.5) is 0 Å². The molecule has 1 aromatic rings. The molecule has 0 spiro atoms. The number of hydrogen-bond acceptors (Lipinski definition) is 2. The number of hydrogen-bond donors (Lipinski definition) is 0. The van der Waals surface area contributed by atoms with Crippen molar-refractivity contribution in [2.75, 3.05) is 18.1 Å². The van der Waals surface area contributed by atoms with Gasteiger partial charge in [-0.25, -0.2) is 0 Å². The highest BCUT2D eigenvalue weighted by Crippen LogP contribution is 2.25. The van der Waals surface area contributed by atoms with Crippen molar-refractivity contribution >= 4 is 39.3 Å². The van der Waals surface area contributed by atoms with Gasteiger partial charge in [0.25, 0.3) is 0 Å². The van der Waals surface area contributed by atoms with Crippen molar-refractivity contribution in [1.29, 1.82) is 0 Å². The van der Waals surface area contributed by atoms with E-state index >= 15 is 0 Å². The first-order valence-electron chi connectivity index (χ1n) is 5.42. The van der Waals surface area contributed by atoms with Gasteiger partial charge >= 0.3 is 0 Å². The molecule has 88 valence electrons. The van der Waals surface area contributed by atoms with Crippen LogP contribution in [0.2, 0.25) is 5.02 Å². The second kappa shape index (κ2) is 5.76. The summed E-state index contributed by atoms with van der Waals surface area (Å²) in [6, 6.07) is 6.80. The lowest BCUT2D eigenvalue weighted by Crippen LogP contribution is -2.39. The maximum atomic E-state index is 6.23. The number of benzene rings is 1. The van der Waals surface area contributed by atoms with Crippen molar-refractivity contribution in [2.45, 2.75) is 19.5 Å². The molecule has 1 heterocycles.